The average molecular weight is 210 g/mol. The second kappa shape index (κ2) is 4.54. The minimum Gasteiger partial charge on any atom is -0.462 e. The number of esters is 1. The van der Waals surface area contributed by atoms with E-state index < -0.39 is 0 Å². The molecule has 0 spiro atoms. The van der Waals surface area contributed by atoms with Gasteiger partial charge in [0.05, 0.1) is 0 Å². The van der Waals surface area contributed by atoms with Crippen LogP contribution < -0.4 is 0 Å². The van der Waals surface area contributed by atoms with Crippen LogP contribution in [-0.2, 0) is 9.53 Å². The molecule has 0 saturated heterocycles. The molecule has 2 aliphatic rings. The van der Waals surface area contributed by atoms with Gasteiger partial charge in [0, 0.05) is 6.92 Å². The zero-order valence-corrected chi connectivity index (χ0v) is 9.87. The topological polar surface area (TPSA) is 26.3 Å². The van der Waals surface area contributed by atoms with E-state index in [0.29, 0.717) is 11.8 Å². The van der Waals surface area contributed by atoms with Crippen molar-refractivity contribution in [2.45, 2.75) is 58.5 Å². The van der Waals surface area contributed by atoms with Crippen LogP contribution in [-0.4, -0.2) is 12.1 Å². The van der Waals surface area contributed by atoms with Crippen molar-refractivity contribution >= 4 is 5.97 Å². The summed E-state index contributed by atoms with van der Waals surface area (Å²) < 4.78 is 5.53. The molecule has 15 heavy (non-hydrogen) atoms. The van der Waals surface area contributed by atoms with Crippen LogP contribution in [0.25, 0.3) is 0 Å². The quantitative estimate of drug-likeness (QED) is 0.621. The minimum absolute atomic E-state index is 0.0990. The molecule has 0 aromatic carbocycles. The predicted molar refractivity (Wildman–Crippen MR) is 59.4 cm³/mol. The molecule has 0 aromatic rings. The third-order valence-electron chi connectivity index (χ3n) is 4.25. The molecule has 0 bridgehead atoms. The van der Waals surface area contributed by atoms with Gasteiger partial charge >= 0.3 is 5.97 Å². The molecule has 0 N–H and O–H groups in total. The lowest BCUT2D eigenvalue weighted by Gasteiger charge is -2.43. The molecule has 2 heteroatoms. The molecule has 0 radical (unpaired) electrons. The van der Waals surface area contributed by atoms with Crippen molar-refractivity contribution in [3.8, 4) is 0 Å². The van der Waals surface area contributed by atoms with Gasteiger partial charge in [0.2, 0.25) is 0 Å². The Kier molecular flexibility index (Phi) is 3.32. The van der Waals surface area contributed by atoms with Crippen molar-refractivity contribution in [1.29, 1.82) is 0 Å². The molecule has 4 atom stereocenters. The van der Waals surface area contributed by atoms with Crippen LogP contribution in [0.5, 0.6) is 0 Å². The van der Waals surface area contributed by atoms with Crippen molar-refractivity contribution in [3.05, 3.63) is 0 Å². The third-order valence-corrected chi connectivity index (χ3v) is 4.25. The lowest BCUT2D eigenvalue weighted by molar-refractivity contribution is -0.158. The highest BCUT2D eigenvalue weighted by molar-refractivity contribution is 5.66. The number of rotatable bonds is 1. The maximum absolute atomic E-state index is 11.1. The first-order valence-electron chi connectivity index (χ1n) is 6.35. The summed E-state index contributed by atoms with van der Waals surface area (Å²) in [5.41, 5.74) is 0. The lowest BCUT2D eigenvalue weighted by atomic mass is 9.66. The van der Waals surface area contributed by atoms with Crippen molar-refractivity contribution in [2.75, 3.05) is 0 Å². The van der Waals surface area contributed by atoms with Gasteiger partial charge in [-0.3, -0.25) is 4.79 Å². The maximum atomic E-state index is 11.1. The Morgan fingerprint density at radius 2 is 1.87 bits per heavy atom. The second-order valence-corrected chi connectivity index (χ2v) is 5.34. The molecular weight excluding hydrogens is 188 g/mol. The van der Waals surface area contributed by atoms with E-state index in [4.69, 9.17) is 4.74 Å². The largest absolute Gasteiger partial charge is 0.462 e. The smallest absolute Gasteiger partial charge is 0.302 e. The van der Waals surface area contributed by atoms with Gasteiger partial charge in [-0.05, 0) is 37.0 Å². The molecule has 2 saturated carbocycles. The summed E-state index contributed by atoms with van der Waals surface area (Å²) in [6.45, 7) is 3.78. The first-order chi connectivity index (χ1) is 7.18. The van der Waals surface area contributed by atoms with Crippen molar-refractivity contribution < 1.29 is 9.53 Å². The van der Waals surface area contributed by atoms with E-state index in [-0.39, 0.29) is 12.1 Å². The van der Waals surface area contributed by atoms with Crippen LogP contribution in [0.15, 0.2) is 0 Å². The van der Waals surface area contributed by atoms with Crippen molar-refractivity contribution in [2.24, 2.45) is 17.8 Å². The Bertz CT molecular complexity index is 237. The molecule has 2 aliphatic carbocycles. The van der Waals surface area contributed by atoms with Gasteiger partial charge in [0.25, 0.3) is 0 Å². The molecule has 2 rings (SSSR count). The van der Waals surface area contributed by atoms with Gasteiger partial charge in [0.1, 0.15) is 6.10 Å². The fourth-order valence-electron chi connectivity index (χ4n) is 3.49. The van der Waals surface area contributed by atoms with E-state index in [0.717, 1.165) is 5.92 Å². The standard InChI is InChI=1S/C13H22O2/c1-9-7-8-11-5-3-4-6-12(11)13(9)15-10(2)14/h9,11-13H,3-8H2,1-2H3. The first-order valence-corrected chi connectivity index (χ1v) is 6.35. The number of ether oxygens (including phenoxy) is 1. The summed E-state index contributed by atoms with van der Waals surface area (Å²) in [6, 6.07) is 0. The summed E-state index contributed by atoms with van der Waals surface area (Å²) >= 11 is 0. The third kappa shape index (κ3) is 2.35. The Morgan fingerprint density at radius 1 is 1.13 bits per heavy atom. The Balaban J connectivity index is 2.05. The van der Waals surface area contributed by atoms with E-state index in [1.807, 2.05) is 0 Å². The summed E-state index contributed by atoms with van der Waals surface area (Å²) in [5.74, 6) is 1.96. The van der Waals surface area contributed by atoms with Gasteiger partial charge < -0.3 is 4.74 Å². The number of carbonyl (C=O) groups is 1. The highest BCUT2D eigenvalue weighted by Crippen LogP contribution is 2.44. The summed E-state index contributed by atoms with van der Waals surface area (Å²) in [6.07, 6.45) is 8.13. The fraction of sp³-hybridized carbons (Fsp3) is 0.923. The molecule has 4 unspecified atom stereocenters. The van der Waals surface area contributed by atoms with Gasteiger partial charge in [0.15, 0.2) is 0 Å². The predicted octanol–water partition coefficient (Wildman–Crippen LogP) is 3.15. The number of hydrogen-bond donors (Lipinski definition) is 0. The highest BCUT2D eigenvalue weighted by atomic mass is 16.5. The molecular formula is C13H22O2. The highest BCUT2D eigenvalue weighted by Gasteiger charge is 2.40. The van der Waals surface area contributed by atoms with E-state index in [1.165, 1.54) is 38.5 Å². The summed E-state index contributed by atoms with van der Waals surface area (Å²) in [7, 11) is 0. The van der Waals surface area contributed by atoms with E-state index in [1.54, 1.807) is 6.92 Å². The monoisotopic (exact) mass is 210 g/mol. The molecule has 2 nitrogen and oxygen atoms in total. The maximum Gasteiger partial charge on any atom is 0.302 e. The summed E-state index contributed by atoms with van der Waals surface area (Å²) in [5, 5.41) is 0. The number of carbonyl (C=O) groups excluding carboxylic acids is 1. The van der Waals surface area contributed by atoms with Crippen LogP contribution >= 0.6 is 0 Å². The molecule has 0 heterocycles. The Labute approximate surface area is 92.4 Å². The molecule has 2 fully saturated rings. The van der Waals surface area contributed by atoms with Crippen molar-refractivity contribution in [1.82, 2.24) is 0 Å². The van der Waals surface area contributed by atoms with Gasteiger partial charge in [-0.1, -0.05) is 26.2 Å². The molecule has 0 aliphatic heterocycles. The average Bonchev–Trinajstić information content (AvgIpc) is 2.22. The van der Waals surface area contributed by atoms with E-state index in [9.17, 15) is 4.79 Å². The van der Waals surface area contributed by atoms with Gasteiger partial charge in [-0.2, -0.15) is 0 Å². The Morgan fingerprint density at radius 3 is 2.60 bits per heavy atom. The zero-order valence-electron chi connectivity index (χ0n) is 9.87. The van der Waals surface area contributed by atoms with Gasteiger partial charge in [-0.15, -0.1) is 0 Å². The van der Waals surface area contributed by atoms with Crippen LogP contribution in [0, 0.1) is 17.8 Å². The fourth-order valence-corrected chi connectivity index (χ4v) is 3.49. The Hall–Kier alpha value is -0.530. The second-order valence-electron chi connectivity index (χ2n) is 5.34. The molecule has 0 amide bonds. The normalized spacial score (nSPS) is 40.7. The van der Waals surface area contributed by atoms with E-state index >= 15 is 0 Å². The molecule has 0 aromatic heterocycles. The van der Waals surface area contributed by atoms with Gasteiger partial charge in [-0.25, -0.2) is 0 Å². The van der Waals surface area contributed by atoms with Crippen LogP contribution in [0.3, 0.4) is 0 Å². The van der Waals surface area contributed by atoms with E-state index in [2.05, 4.69) is 6.92 Å². The number of hydrogen-bond acceptors (Lipinski definition) is 2. The molecule has 86 valence electrons. The summed E-state index contributed by atoms with van der Waals surface area (Å²) in [4.78, 5) is 11.1. The van der Waals surface area contributed by atoms with Crippen molar-refractivity contribution in [3.63, 3.8) is 0 Å². The number of fused-ring (bicyclic) bond motifs is 1. The van der Waals surface area contributed by atoms with Crippen LogP contribution in [0.2, 0.25) is 0 Å². The first kappa shape index (κ1) is 11.0. The van der Waals surface area contributed by atoms with Crippen LogP contribution in [0.4, 0.5) is 0 Å². The lowest BCUT2D eigenvalue weighted by Crippen LogP contribution is -2.42. The SMILES string of the molecule is CC(=O)OC1C(C)CCC2CCCCC21. The van der Waals surface area contributed by atoms with Crippen LogP contribution in [0.1, 0.15) is 52.4 Å². The zero-order chi connectivity index (χ0) is 10.8. The minimum atomic E-state index is -0.0990.